The van der Waals surface area contributed by atoms with Crippen LogP contribution in [0.4, 0.5) is 8.78 Å². The predicted octanol–water partition coefficient (Wildman–Crippen LogP) is 5.76. The van der Waals surface area contributed by atoms with Crippen LogP contribution in [0.15, 0.2) is 79.0 Å². The number of nitrogens with zero attached hydrogens (tertiary/aromatic N) is 2. The first kappa shape index (κ1) is 23.4. The highest BCUT2D eigenvalue weighted by Gasteiger charge is 2.30. The number of carboxylic acids is 1. The van der Waals surface area contributed by atoms with Crippen molar-refractivity contribution in [2.45, 2.75) is 12.3 Å². The number of aromatic carboxylic acids is 1. The summed E-state index contributed by atoms with van der Waals surface area (Å²) in [6, 6.07) is 19.4. The van der Waals surface area contributed by atoms with Gasteiger partial charge in [-0.1, -0.05) is 41.9 Å². The maximum atomic E-state index is 14.6. The van der Waals surface area contributed by atoms with Crippen molar-refractivity contribution in [2.75, 3.05) is 0 Å². The molecule has 0 bridgehead atoms. The maximum absolute atomic E-state index is 14.6. The van der Waals surface area contributed by atoms with Crippen LogP contribution in [-0.4, -0.2) is 26.3 Å². The number of imidazole rings is 1. The third-order valence-corrected chi connectivity index (χ3v) is 6.30. The van der Waals surface area contributed by atoms with E-state index in [1.807, 2.05) is 30.3 Å². The molecule has 36 heavy (non-hydrogen) atoms. The second-order valence-corrected chi connectivity index (χ2v) is 8.71. The van der Waals surface area contributed by atoms with Crippen molar-refractivity contribution in [2.24, 2.45) is 0 Å². The van der Waals surface area contributed by atoms with Crippen molar-refractivity contribution >= 4 is 28.6 Å². The minimum absolute atomic E-state index is 0.104. The second kappa shape index (κ2) is 9.39. The zero-order valence-electron chi connectivity index (χ0n) is 18.6. The maximum Gasteiger partial charge on any atom is 0.335 e. The monoisotopic (exact) mass is 506 g/mol. The zero-order chi connectivity index (χ0) is 25.4. The third kappa shape index (κ3) is 4.38. The lowest BCUT2D eigenvalue weighted by Gasteiger charge is -2.12. The molecule has 3 aromatic carbocycles. The van der Waals surface area contributed by atoms with Crippen molar-refractivity contribution < 1.29 is 28.6 Å². The molecule has 0 radical (unpaired) electrons. The first-order valence-electron chi connectivity index (χ1n) is 11.0. The first-order valence-corrected chi connectivity index (χ1v) is 11.3. The normalized spacial score (nSPS) is 12.1. The summed E-state index contributed by atoms with van der Waals surface area (Å²) in [5, 5.41) is 20.0. The highest BCUT2D eigenvalue weighted by atomic mass is 35.5. The highest BCUT2D eigenvalue weighted by molar-refractivity contribution is 6.31. The molecule has 0 saturated carbocycles. The number of aromatic amines is 1. The van der Waals surface area contributed by atoms with E-state index < -0.39 is 23.5 Å². The molecule has 0 aliphatic carbocycles. The van der Waals surface area contributed by atoms with Crippen LogP contribution < -0.4 is 4.73 Å². The van der Waals surface area contributed by atoms with Gasteiger partial charge < -0.3 is 10.1 Å². The van der Waals surface area contributed by atoms with E-state index in [1.165, 1.54) is 24.4 Å². The van der Waals surface area contributed by atoms with Crippen molar-refractivity contribution in [1.29, 1.82) is 0 Å². The van der Waals surface area contributed by atoms with Crippen LogP contribution >= 0.6 is 11.6 Å². The Labute approximate surface area is 209 Å². The lowest BCUT2D eigenvalue weighted by molar-refractivity contribution is -0.909. The van der Waals surface area contributed by atoms with Gasteiger partial charge in [0.15, 0.2) is 5.82 Å². The molecule has 0 aliphatic heterocycles. The fourth-order valence-electron chi connectivity index (χ4n) is 4.23. The van der Waals surface area contributed by atoms with Crippen molar-refractivity contribution in [1.82, 2.24) is 9.97 Å². The summed E-state index contributed by atoms with van der Waals surface area (Å²) in [6.45, 7) is 0. The van der Waals surface area contributed by atoms with Gasteiger partial charge in [0.1, 0.15) is 17.6 Å². The van der Waals surface area contributed by atoms with E-state index in [0.29, 0.717) is 29.0 Å². The molecule has 0 unspecified atom stereocenters. The zero-order valence-corrected chi connectivity index (χ0v) is 19.4. The Morgan fingerprint density at radius 3 is 2.56 bits per heavy atom. The summed E-state index contributed by atoms with van der Waals surface area (Å²) in [5.41, 5.74) is 2.33. The van der Waals surface area contributed by atoms with E-state index in [2.05, 4.69) is 9.97 Å². The third-order valence-electron chi connectivity index (χ3n) is 6.01. The Balaban J connectivity index is 1.62. The SMILES string of the molecule is O=C(O)c1ccc2[nH]c([C@H](Cc3ccccc3)c3ccc(-c4c(F)ccc(Cl)c4F)c[n+]3O)nc2c1. The van der Waals surface area contributed by atoms with E-state index in [9.17, 15) is 23.9 Å². The minimum atomic E-state index is -1.06. The van der Waals surface area contributed by atoms with Crippen molar-refractivity contribution in [3.63, 3.8) is 0 Å². The van der Waals surface area contributed by atoms with Crippen LogP contribution in [0.2, 0.25) is 5.02 Å². The number of aromatic nitrogens is 3. The molecule has 5 rings (SSSR count). The number of carbonyl (C=O) groups is 1. The molecule has 2 aromatic heterocycles. The van der Waals surface area contributed by atoms with Crippen LogP contribution in [0.1, 0.15) is 33.4 Å². The molecule has 180 valence electrons. The summed E-state index contributed by atoms with van der Waals surface area (Å²) in [6.07, 6.45) is 1.66. The molecule has 0 spiro atoms. The summed E-state index contributed by atoms with van der Waals surface area (Å²) in [4.78, 5) is 19.2. The van der Waals surface area contributed by atoms with Gasteiger partial charge >= 0.3 is 5.97 Å². The summed E-state index contributed by atoms with van der Waals surface area (Å²) in [7, 11) is 0. The largest absolute Gasteiger partial charge is 0.478 e. The lowest BCUT2D eigenvalue weighted by atomic mass is 9.94. The lowest BCUT2D eigenvalue weighted by Crippen LogP contribution is -2.37. The Kier molecular flexibility index (Phi) is 6.12. The number of carboxylic acid groups (broad SMARTS) is 1. The number of benzene rings is 3. The molecule has 1 atom stereocenters. The molecule has 0 amide bonds. The minimum Gasteiger partial charge on any atom is -0.478 e. The fourth-order valence-corrected chi connectivity index (χ4v) is 4.39. The standard InChI is InChI=1S/C27H18ClF2N3O3/c28-19-8-9-20(29)24(25(19)30)17-7-11-23(33(36)14-17)18(12-15-4-2-1-3-5-15)26-31-21-10-6-16(27(34)35)13-22(21)32-26/h1-11,13-14,18H,12H2,(H2-,31,32,34,35,36)/p+1/t18-/m1/s1. The average molecular weight is 507 g/mol. The average Bonchev–Trinajstić information content (AvgIpc) is 3.29. The second-order valence-electron chi connectivity index (χ2n) is 8.31. The van der Waals surface area contributed by atoms with E-state index >= 15 is 0 Å². The predicted molar refractivity (Wildman–Crippen MR) is 129 cm³/mol. The quantitative estimate of drug-likeness (QED) is 0.155. The molecular formula is C27H19ClF2N3O3+. The van der Waals surface area contributed by atoms with Crippen LogP contribution in [0.3, 0.4) is 0 Å². The fraction of sp³-hybridized carbons (Fsp3) is 0.0741. The van der Waals surface area contributed by atoms with Gasteiger partial charge in [-0.15, -0.1) is 0 Å². The Bertz CT molecular complexity index is 1610. The van der Waals surface area contributed by atoms with Crippen LogP contribution in [0, 0.1) is 11.6 Å². The number of halogens is 3. The van der Waals surface area contributed by atoms with Crippen LogP contribution in [-0.2, 0) is 6.42 Å². The van der Waals surface area contributed by atoms with Gasteiger partial charge in [-0.3, -0.25) is 5.21 Å². The molecule has 0 aliphatic rings. The molecule has 5 aromatic rings. The Hall–Kier alpha value is -4.30. The summed E-state index contributed by atoms with van der Waals surface area (Å²) in [5.74, 6) is -2.80. The van der Waals surface area contributed by atoms with Crippen molar-refractivity contribution in [3.05, 3.63) is 118 Å². The molecule has 0 fully saturated rings. The number of fused-ring (bicyclic) bond motifs is 1. The molecule has 0 saturated heterocycles. The molecule has 3 N–H and O–H groups in total. The number of nitrogens with one attached hydrogen (secondary N) is 1. The van der Waals surface area contributed by atoms with E-state index in [-0.39, 0.29) is 21.7 Å². The van der Waals surface area contributed by atoms with Gasteiger partial charge in [0.05, 0.1) is 32.7 Å². The van der Waals surface area contributed by atoms with Crippen LogP contribution in [0.25, 0.3) is 22.2 Å². The topological polar surface area (TPSA) is 90.1 Å². The number of hydrogen-bond donors (Lipinski definition) is 3. The van der Waals surface area contributed by atoms with Gasteiger partial charge in [-0.2, -0.15) is 0 Å². The van der Waals surface area contributed by atoms with Crippen molar-refractivity contribution in [3.8, 4) is 11.1 Å². The van der Waals surface area contributed by atoms with Gasteiger partial charge in [-0.25, -0.2) is 18.6 Å². The van der Waals surface area contributed by atoms with Gasteiger partial charge in [0, 0.05) is 10.8 Å². The number of hydrogen-bond acceptors (Lipinski definition) is 3. The van der Waals surface area contributed by atoms with Gasteiger partial charge in [0.25, 0.3) is 0 Å². The molecule has 6 nitrogen and oxygen atoms in total. The summed E-state index contributed by atoms with van der Waals surface area (Å²) < 4.78 is 29.8. The van der Waals surface area contributed by atoms with Gasteiger partial charge in [-0.05, 0) is 48.4 Å². The van der Waals surface area contributed by atoms with E-state index in [1.54, 1.807) is 12.1 Å². The Morgan fingerprint density at radius 2 is 1.83 bits per heavy atom. The number of pyridine rings is 1. The van der Waals surface area contributed by atoms with E-state index in [0.717, 1.165) is 22.4 Å². The smallest absolute Gasteiger partial charge is 0.335 e. The number of rotatable bonds is 6. The first-order chi connectivity index (χ1) is 17.3. The van der Waals surface area contributed by atoms with Crippen LogP contribution in [0.5, 0.6) is 0 Å². The van der Waals surface area contributed by atoms with Gasteiger partial charge in [0.2, 0.25) is 11.9 Å². The Morgan fingerprint density at radius 1 is 1.06 bits per heavy atom. The summed E-state index contributed by atoms with van der Waals surface area (Å²) >= 11 is 5.84. The molecule has 2 heterocycles. The highest BCUT2D eigenvalue weighted by Crippen LogP contribution is 2.32. The van der Waals surface area contributed by atoms with E-state index in [4.69, 9.17) is 11.6 Å². The number of H-pyrrole nitrogens is 1. The molecular weight excluding hydrogens is 488 g/mol. The molecule has 9 heteroatoms.